The third-order valence-electron chi connectivity index (χ3n) is 2.35. The molecule has 1 rings (SSSR count). The second kappa shape index (κ2) is 5.88. The second-order valence-electron chi connectivity index (χ2n) is 3.75. The minimum absolute atomic E-state index is 0.402. The van der Waals surface area contributed by atoms with Crippen LogP contribution in [-0.2, 0) is 10.0 Å². The Balaban J connectivity index is 2.82. The van der Waals surface area contributed by atoms with Crippen LogP contribution in [0.5, 0.6) is 5.75 Å². The lowest BCUT2D eigenvalue weighted by Gasteiger charge is -2.14. The van der Waals surface area contributed by atoms with Gasteiger partial charge in [0.1, 0.15) is 5.75 Å². The maximum atomic E-state index is 11.9. The molecule has 0 aliphatic rings. The van der Waals surface area contributed by atoms with Crippen molar-refractivity contribution in [3.05, 3.63) is 24.3 Å². The molecule has 0 aliphatic carbocycles. The molecule has 1 aromatic rings. The van der Waals surface area contributed by atoms with Gasteiger partial charge in [-0.1, -0.05) is 6.07 Å². The van der Waals surface area contributed by atoms with Crippen molar-refractivity contribution < 1.29 is 13.2 Å². The summed E-state index contributed by atoms with van der Waals surface area (Å²) in [5.74, 6) is 0.617. The monoisotopic (exact) mass is 258 g/mol. The average Bonchev–Trinajstić information content (AvgIpc) is 2.29. The topological polar surface area (TPSA) is 67.4 Å². The summed E-state index contributed by atoms with van der Waals surface area (Å²) in [7, 11) is -0.110. The fourth-order valence-corrected chi connectivity index (χ4v) is 2.39. The van der Waals surface area contributed by atoms with E-state index in [1.54, 1.807) is 38.2 Å². The first-order valence-corrected chi connectivity index (χ1v) is 6.84. The van der Waals surface area contributed by atoms with Crippen molar-refractivity contribution in [2.24, 2.45) is 0 Å². The van der Waals surface area contributed by atoms with Crippen LogP contribution in [0.1, 0.15) is 6.92 Å². The van der Waals surface area contributed by atoms with Gasteiger partial charge in [0.15, 0.2) is 0 Å². The minimum Gasteiger partial charge on any atom is -0.497 e. The van der Waals surface area contributed by atoms with Gasteiger partial charge < -0.3 is 10.1 Å². The Morgan fingerprint density at radius 2 is 2.12 bits per heavy atom. The molecule has 0 radical (unpaired) electrons. The maximum Gasteiger partial charge on any atom is 0.236 e. The quantitative estimate of drug-likeness (QED) is 0.800. The van der Waals surface area contributed by atoms with E-state index < -0.39 is 15.3 Å². The number of anilines is 1. The zero-order valence-corrected chi connectivity index (χ0v) is 11.0. The molecule has 0 saturated heterocycles. The number of benzene rings is 1. The van der Waals surface area contributed by atoms with Gasteiger partial charge in [-0.25, -0.2) is 8.42 Å². The van der Waals surface area contributed by atoms with E-state index in [0.29, 0.717) is 18.0 Å². The Morgan fingerprint density at radius 3 is 2.71 bits per heavy atom. The van der Waals surface area contributed by atoms with Crippen molar-refractivity contribution in [2.75, 3.05) is 25.4 Å². The predicted molar refractivity (Wildman–Crippen MR) is 68.9 cm³/mol. The molecular formula is C11H18N2O3S. The number of hydrogen-bond acceptors (Lipinski definition) is 4. The van der Waals surface area contributed by atoms with Gasteiger partial charge in [-0.3, -0.25) is 4.72 Å². The van der Waals surface area contributed by atoms with E-state index in [-0.39, 0.29) is 0 Å². The lowest BCUT2D eigenvalue weighted by atomic mass is 10.3. The Morgan fingerprint density at radius 1 is 1.41 bits per heavy atom. The number of methoxy groups -OCH3 is 1. The number of sulfonamides is 1. The van der Waals surface area contributed by atoms with Crippen LogP contribution in [0.3, 0.4) is 0 Å². The second-order valence-corrected chi connectivity index (χ2v) is 5.85. The van der Waals surface area contributed by atoms with Crippen molar-refractivity contribution in [2.45, 2.75) is 12.2 Å². The van der Waals surface area contributed by atoms with Crippen molar-refractivity contribution in [1.29, 1.82) is 0 Å². The third-order valence-corrected chi connectivity index (χ3v) is 4.10. The van der Waals surface area contributed by atoms with Crippen molar-refractivity contribution in [1.82, 2.24) is 5.32 Å². The molecule has 17 heavy (non-hydrogen) atoms. The number of nitrogens with one attached hydrogen (secondary N) is 2. The average molecular weight is 258 g/mol. The number of rotatable bonds is 6. The molecular weight excluding hydrogens is 240 g/mol. The summed E-state index contributed by atoms with van der Waals surface area (Å²) in [4.78, 5) is 0. The van der Waals surface area contributed by atoms with E-state index >= 15 is 0 Å². The standard InChI is InChI=1S/C11H18N2O3S/c1-9(8-12-2)17(14,15)13-10-5-4-6-11(7-10)16-3/h4-7,9,12-13H,8H2,1-3H3. The molecule has 5 nitrogen and oxygen atoms in total. The summed E-state index contributed by atoms with van der Waals surface area (Å²) in [6, 6.07) is 6.82. The normalized spacial score (nSPS) is 13.1. The number of ether oxygens (including phenoxy) is 1. The van der Waals surface area contributed by atoms with Crippen LogP contribution in [0.25, 0.3) is 0 Å². The highest BCUT2D eigenvalue weighted by molar-refractivity contribution is 7.93. The van der Waals surface area contributed by atoms with E-state index in [4.69, 9.17) is 4.74 Å². The fourth-order valence-electron chi connectivity index (χ4n) is 1.35. The summed E-state index contributed by atoms with van der Waals surface area (Å²) >= 11 is 0. The van der Waals surface area contributed by atoms with Crippen LogP contribution in [0.2, 0.25) is 0 Å². The summed E-state index contributed by atoms with van der Waals surface area (Å²) in [5.41, 5.74) is 0.507. The van der Waals surface area contributed by atoms with Crippen molar-refractivity contribution in [3.8, 4) is 5.75 Å². The molecule has 0 saturated carbocycles. The molecule has 1 unspecified atom stereocenters. The van der Waals surface area contributed by atoms with Gasteiger partial charge in [-0.2, -0.15) is 0 Å². The molecule has 96 valence electrons. The Bertz CT molecular complexity index is 460. The van der Waals surface area contributed by atoms with Crippen molar-refractivity contribution in [3.63, 3.8) is 0 Å². The fraction of sp³-hybridized carbons (Fsp3) is 0.455. The molecule has 1 atom stereocenters. The summed E-state index contributed by atoms with van der Waals surface area (Å²) in [6.07, 6.45) is 0. The lowest BCUT2D eigenvalue weighted by molar-refractivity contribution is 0.415. The van der Waals surface area contributed by atoms with Crippen LogP contribution in [-0.4, -0.2) is 34.4 Å². The van der Waals surface area contributed by atoms with Crippen LogP contribution >= 0.6 is 0 Å². The van der Waals surface area contributed by atoms with E-state index in [9.17, 15) is 8.42 Å². The van der Waals surface area contributed by atoms with Crippen LogP contribution in [0.4, 0.5) is 5.69 Å². The smallest absolute Gasteiger partial charge is 0.236 e. The van der Waals surface area contributed by atoms with E-state index in [1.165, 1.54) is 7.11 Å². The van der Waals surface area contributed by atoms with Gasteiger partial charge in [0, 0.05) is 12.6 Å². The predicted octanol–water partition coefficient (Wildman–Crippen LogP) is 1.04. The molecule has 2 N–H and O–H groups in total. The van der Waals surface area contributed by atoms with Gasteiger partial charge in [0.25, 0.3) is 0 Å². The SMILES string of the molecule is CNCC(C)S(=O)(=O)Nc1cccc(OC)c1. The molecule has 0 bridgehead atoms. The molecule has 0 fully saturated rings. The highest BCUT2D eigenvalue weighted by atomic mass is 32.2. The first-order valence-electron chi connectivity index (χ1n) is 5.30. The molecule has 0 spiro atoms. The largest absolute Gasteiger partial charge is 0.497 e. The molecule has 1 aromatic carbocycles. The zero-order valence-electron chi connectivity index (χ0n) is 10.2. The van der Waals surface area contributed by atoms with Gasteiger partial charge in [-0.05, 0) is 26.1 Å². The first kappa shape index (κ1) is 13.8. The minimum atomic E-state index is -3.37. The Hall–Kier alpha value is -1.27. The van der Waals surface area contributed by atoms with Gasteiger partial charge in [-0.15, -0.1) is 0 Å². The summed E-state index contributed by atoms with van der Waals surface area (Å²) in [6.45, 7) is 2.05. The highest BCUT2D eigenvalue weighted by Crippen LogP contribution is 2.18. The first-order chi connectivity index (χ1) is 7.99. The Labute approximate surface area is 102 Å². The van der Waals surface area contributed by atoms with E-state index in [0.717, 1.165) is 0 Å². The van der Waals surface area contributed by atoms with Crippen LogP contribution < -0.4 is 14.8 Å². The zero-order chi connectivity index (χ0) is 12.9. The van der Waals surface area contributed by atoms with Crippen LogP contribution in [0.15, 0.2) is 24.3 Å². The molecule has 0 aliphatic heterocycles. The summed E-state index contributed by atoms with van der Waals surface area (Å²) in [5, 5.41) is 2.34. The lowest BCUT2D eigenvalue weighted by Crippen LogP contribution is -2.33. The van der Waals surface area contributed by atoms with Crippen LogP contribution in [0, 0.1) is 0 Å². The van der Waals surface area contributed by atoms with Gasteiger partial charge >= 0.3 is 0 Å². The van der Waals surface area contributed by atoms with Gasteiger partial charge in [0.2, 0.25) is 10.0 Å². The van der Waals surface area contributed by atoms with Crippen molar-refractivity contribution >= 4 is 15.7 Å². The van der Waals surface area contributed by atoms with E-state index in [2.05, 4.69) is 10.0 Å². The van der Waals surface area contributed by atoms with Gasteiger partial charge in [0.05, 0.1) is 18.0 Å². The van der Waals surface area contributed by atoms with E-state index in [1.807, 2.05) is 0 Å². The number of hydrogen-bond donors (Lipinski definition) is 2. The highest BCUT2D eigenvalue weighted by Gasteiger charge is 2.19. The summed E-state index contributed by atoms with van der Waals surface area (Å²) < 4.78 is 31.4. The molecule has 6 heteroatoms. The Kier molecular flexibility index (Phi) is 4.77. The third kappa shape index (κ3) is 3.90. The molecule has 0 heterocycles. The molecule has 0 aromatic heterocycles. The maximum absolute atomic E-state index is 11.9. The molecule has 0 amide bonds.